The molecule has 90 valence electrons. The number of rotatable bonds is 2. The van der Waals surface area contributed by atoms with E-state index in [9.17, 15) is 4.79 Å². The third-order valence-electron chi connectivity index (χ3n) is 2.97. The second kappa shape index (κ2) is 4.31. The van der Waals surface area contributed by atoms with Crippen LogP contribution < -0.4 is 10.6 Å². The maximum atomic E-state index is 10.6. The highest BCUT2D eigenvalue weighted by molar-refractivity contribution is 6.31. The Morgan fingerprint density at radius 1 is 1.39 bits per heavy atom. The van der Waals surface area contributed by atoms with Gasteiger partial charge >= 0.3 is 0 Å². The van der Waals surface area contributed by atoms with Gasteiger partial charge in [-0.25, -0.2) is 0 Å². The Balaban J connectivity index is 2.24. The average molecular weight is 260 g/mol. The summed E-state index contributed by atoms with van der Waals surface area (Å²) in [6.07, 6.45) is 4.23. The van der Waals surface area contributed by atoms with Crippen LogP contribution in [0.25, 0.3) is 11.1 Å². The molecule has 0 atom stereocenters. The van der Waals surface area contributed by atoms with Gasteiger partial charge in [-0.05, 0) is 29.3 Å². The number of benzene rings is 1. The van der Waals surface area contributed by atoms with Crippen molar-refractivity contribution in [2.45, 2.75) is 6.54 Å². The van der Waals surface area contributed by atoms with Gasteiger partial charge in [-0.2, -0.15) is 0 Å². The third kappa shape index (κ3) is 1.71. The average Bonchev–Trinajstić information content (AvgIpc) is 2.39. The molecule has 5 heteroatoms. The van der Waals surface area contributed by atoms with Gasteiger partial charge < -0.3 is 10.6 Å². The monoisotopic (exact) mass is 259 g/mol. The lowest BCUT2D eigenvalue weighted by Gasteiger charge is -2.23. The summed E-state index contributed by atoms with van der Waals surface area (Å²) in [5.74, 6) is 0. The van der Waals surface area contributed by atoms with Crippen molar-refractivity contribution in [2.24, 2.45) is 0 Å². The van der Waals surface area contributed by atoms with Crippen LogP contribution in [0.2, 0.25) is 5.02 Å². The third-order valence-corrected chi connectivity index (χ3v) is 3.19. The van der Waals surface area contributed by atoms with Gasteiger partial charge in [-0.3, -0.25) is 9.78 Å². The molecule has 2 heterocycles. The lowest BCUT2D eigenvalue weighted by molar-refractivity contribution is -0.105. The van der Waals surface area contributed by atoms with E-state index < -0.39 is 0 Å². The molecule has 18 heavy (non-hydrogen) atoms. The van der Waals surface area contributed by atoms with Crippen molar-refractivity contribution in [3.8, 4) is 11.1 Å². The minimum atomic E-state index is 0.588. The Labute approximate surface area is 109 Å². The molecule has 2 aromatic rings. The molecule has 0 spiro atoms. The molecular formula is C13H10ClN3O. The maximum Gasteiger partial charge on any atom is 0.211 e. The number of carbonyl (C=O) groups excluding carboxylic acids is 1. The first-order chi connectivity index (χ1) is 8.79. The van der Waals surface area contributed by atoms with Crippen LogP contribution >= 0.6 is 11.6 Å². The van der Waals surface area contributed by atoms with Crippen molar-refractivity contribution >= 4 is 29.4 Å². The molecule has 0 fully saturated rings. The normalized spacial score (nSPS) is 12.1. The van der Waals surface area contributed by atoms with Crippen molar-refractivity contribution in [1.29, 1.82) is 0 Å². The first-order valence-electron chi connectivity index (χ1n) is 5.50. The van der Waals surface area contributed by atoms with Gasteiger partial charge in [-0.1, -0.05) is 11.6 Å². The van der Waals surface area contributed by atoms with Gasteiger partial charge in [0.15, 0.2) is 0 Å². The molecule has 1 aromatic heterocycles. The summed E-state index contributed by atoms with van der Waals surface area (Å²) in [4.78, 5) is 14.7. The SMILES string of the molecule is O=CNc1cc(Cl)cc2c1NCc1cnccc1-2. The van der Waals surface area contributed by atoms with Crippen LogP contribution in [-0.2, 0) is 11.3 Å². The van der Waals surface area contributed by atoms with E-state index in [1.165, 1.54) is 0 Å². The van der Waals surface area contributed by atoms with E-state index in [0.29, 0.717) is 23.7 Å². The number of hydrogen-bond acceptors (Lipinski definition) is 3. The predicted molar refractivity (Wildman–Crippen MR) is 71.7 cm³/mol. The van der Waals surface area contributed by atoms with E-state index in [2.05, 4.69) is 15.6 Å². The molecule has 3 rings (SSSR count). The molecule has 0 saturated heterocycles. The number of hydrogen-bond donors (Lipinski definition) is 2. The predicted octanol–water partition coefficient (Wildman–Crippen LogP) is 2.90. The summed E-state index contributed by atoms with van der Waals surface area (Å²) in [5, 5.41) is 6.53. The Kier molecular flexibility index (Phi) is 2.64. The second-order valence-corrected chi connectivity index (χ2v) is 4.46. The number of carbonyl (C=O) groups is 1. The highest BCUT2D eigenvalue weighted by atomic mass is 35.5. The van der Waals surface area contributed by atoms with E-state index in [4.69, 9.17) is 11.6 Å². The van der Waals surface area contributed by atoms with Crippen LogP contribution in [0.1, 0.15) is 5.56 Å². The number of pyridine rings is 1. The highest BCUT2D eigenvalue weighted by Gasteiger charge is 2.19. The summed E-state index contributed by atoms with van der Waals surface area (Å²) < 4.78 is 0. The quantitative estimate of drug-likeness (QED) is 0.816. The molecule has 0 aliphatic carbocycles. The number of aromatic nitrogens is 1. The molecule has 0 unspecified atom stereocenters. The van der Waals surface area contributed by atoms with E-state index in [-0.39, 0.29) is 0 Å². The fourth-order valence-corrected chi connectivity index (χ4v) is 2.42. The molecule has 0 radical (unpaired) electrons. The Morgan fingerprint density at radius 2 is 2.28 bits per heavy atom. The number of anilines is 2. The number of nitrogens with one attached hydrogen (secondary N) is 2. The molecule has 1 aliphatic rings. The van der Waals surface area contributed by atoms with Crippen LogP contribution in [-0.4, -0.2) is 11.4 Å². The van der Waals surface area contributed by atoms with E-state index in [1.54, 1.807) is 12.3 Å². The van der Waals surface area contributed by atoms with Crippen molar-refractivity contribution < 1.29 is 4.79 Å². The van der Waals surface area contributed by atoms with Gasteiger partial charge in [0.25, 0.3) is 0 Å². The van der Waals surface area contributed by atoms with Crippen LogP contribution in [0.4, 0.5) is 11.4 Å². The van der Waals surface area contributed by atoms with Crippen LogP contribution in [0.5, 0.6) is 0 Å². The summed E-state index contributed by atoms with van der Waals surface area (Å²) in [5.41, 5.74) is 4.77. The molecule has 1 aromatic carbocycles. The topological polar surface area (TPSA) is 54.0 Å². The molecular weight excluding hydrogens is 250 g/mol. The van der Waals surface area contributed by atoms with E-state index in [1.807, 2.05) is 18.3 Å². The molecule has 2 N–H and O–H groups in total. The Morgan fingerprint density at radius 3 is 3.11 bits per heavy atom. The Hall–Kier alpha value is -2.07. The van der Waals surface area contributed by atoms with Crippen LogP contribution in [0, 0.1) is 0 Å². The largest absolute Gasteiger partial charge is 0.379 e. The minimum absolute atomic E-state index is 0.588. The number of halogens is 1. The summed E-state index contributed by atoms with van der Waals surface area (Å²) >= 11 is 6.08. The highest BCUT2D eigenvalue weighted by Crippen LogP contribution is 2.41. The lowest BCUT2D eigenvalue weighted by Crippen LogP contribution is -2.11. The van der Waals surface area contributed by atoms with Gasteiger partial charge in [0.05, 0.1) is 11.4 Å². The maximum absolute atomic E-state index is 10.6. The minimum Gasteiger partial charge on any atom is -0.379 e. The van der Waals surface area contributed by atoms with Crippen molar-refractivity contribution in [1.82, 2.24) is 4.98 Å². The molecule has 1 amide bonds. The van der Waals surface area contributed by atoms with E-state index >= 15 is 0 Å². The second-order valence-electron chi connectivity index (χ2n) is 4.02. The standard InChI is InChI=1S/C13H10ClN3O/c14-9-3-11-10-1-2-15-5-8(10)6-16-13(11)12(4-9)17-7-18/h1-5,7,16H,6H2,(H,17,18). The van der Waals surface area contributed by atoms with E-state index in [0.717, 1.165) is 22.4 Å². The summed E-state index contributed by atoms with van der Waals surface area (Å²) in [6.45, 7) is 0.686. The molecule has 0 saturated carbocycles. The zero-order valence-electron chi connectivity index (χ0n) is 9.40. The van der Waals surface area contributed by atoms with Crippen molar-refractivity contribution in [3.05, 3.63) is 41.2 Å². The van der Waals surface area contributed by atoms with Gasteiger partial charge in [0.2, 0.25) is 6.41 Å². The number of fused-ring (bicyclic) bond motifs is 3. The van der Waals surface area contributed by atoms with Crippen LogP contribution in [0.3, 0.4) is 0 Å². The summed E-state index contributed by atoms with van der Waals surface area (Å²) in [7, 11) is 0. The molecule has 4 nitrogen and oxygen atoms in total. The van der Waals surface area contributed by atoms with Crippen molar-refractivity contribution in [2.75, 3.05) is 10.6 Å². The summed E-state index contributed by atoms with van der Waals surface area (Å²) in [6, 6.07) is 5.57. The lowest BCUT2D eigenvalue weighted by atomic mass is 9.95. The van der Waals surface area contributed by atoms with Crippen LogP contribution in [0.15, 0.2) is 30.6 Å². The first-order valence-corrected chi connectivity index (χ1v) is 5.88. The van der Waals surface area contributed by atoms with Gasteiger partial charge in [-0.15, -0.1) is 0 Å². The smallest absolute Gasteiger partial charge is 0.211 e. The van der Waals surface area contributed by atoms with Gasteiger partial charge in [0, 0.05) is 29.5 Å². The zero-order chi connectivity index (χ0) is 12.5. The molecule has 0 bridgehead atoms. The molecule has 1 aliphatic heterocycles. The zero-order valence-corrected chi connectivity index (χ0v) is 10.2. The fourth-order valence-electron chi connectivity index (χ4n) is 2.20. The Bertz CT molecular complexity index is 628. The number of amides is 1. The van der Waals surface area contributed by atoms with Crippen molar-refractivity contribution in [3.63, 3.8) is 0 Å². The van der Waals surface area contributed by atoms with Gasteiger partial charge in [0.1, 0.15) is 0 Å². The first kappa shape index (κ1) is 11.0. The number of nitrogens with zero attached hydrogens (tertiary/aromatic N) is 1. The fraction of sp³-hybridized carbons (Fsp3) is 0.0769.